The van der Waals surface area contributed by atoms with Crippen LogP contribution in [-0.2, 0) is 0 Å². The molecule has 0 aliphatic carbocycles. The van der Waals surface area contributed by atoms with E-state index in [4.69, 9.17) is 19.4 Å². The van der Waals surface area contributed by atoms with Gasteiger partial charge in [-0.1, -0.05) is 146 Å². The molecule has 0 amide bonds. The highest BCUT2D eigenvalue weighted by molar-refractivity contribution is 6.24. The fraction of sp³-hybridized carbons (Fsp3) is 0. The van der Waals surface area contributed by atoms with Gasteiger partial charge in [0, 0.05) is 27.5 Å². The molecule has 10 rings (SSSR count). The Hall–Kier alpha value is -6.65. The van der Waals surface area contributed by atoms with Gasteiger partial charge in [-0.05, 0) is 61.6 Å². The fourth-order valence-electron chi connectivity index (χ4n) is 7.23. The summed E-state index contributed by atoms with van der Waals surface area (Å²) in [4.78, 5) is 15.2. The van der Waals surface area contributed by atoms with E-state index < -0.39 is 0 Å². The average Bonchev–Trinajstić information content (AvgIpc) is 3.57. The Morgan fingerprint density at radius 3 is 1.76 bits per heavy atom. The lowest BCUT2D eigenvalue weighted by Crippen LogP contribution is -2.00. The summed E-state index contributed by atoms with van der Waals surface area (Å²) in [5.74, 6) is 1.86. The van der Waals surface area contributed by atoms with Crippen LogP contribution in [0.25, 0.3) is 99.5 Å². The van der Waals surface area contributed by atoms with Gasteiger partial charge in [-0.2, -0.15) is 0 Å². The second-order valence-corrected chi connectivity index (χ2v) is 12.4. The quantitative estimate of drug-likeness (QED) is 0.183. The molecule has 10 aromatic rings. The van der Waals surface area contributed by atoms with Crippen LogP contribution in [0.1, 0.15) is 0 Å². The zero-order valence-electron chi connectivity index (χ0n) is 26.3. The molecule has 49 heavy (non-hydrogen) atoms. The molecule has 0 atom stereocenters. The van der Waals surface area contributed by atoms with Crippen molar-refractivity contribution in [3.63, 3.8) is 0 Å². The molecule has 0 saturated heterocycles. The number of aromatic nitrogens is 3. The first kappa shape index (κ1) is 27.5. The lowest BCUT2D eigenvalue weighted by molar-refractivity contribution is 0.669. The molecule has 0 bridgehead atoms. The maximum atomic E-state index is 6.22. The van der Waals surface area contributed by atoms with Crippen LogP contribution in [-0.4, -0.2) is 15.0 Å². The van der Waals surface area contributed by atoms with E-state index in [2.05, 4.69) is 103 Å². The first-order valence-electron chi connectivity index (χ1n) is 16.4. The second kappa shape index (κ2) is 11.0. The van der Waals surface area contributed by atoms with Crippen molar-refractivity contribution >= 4 is 54.3 Å². The summed E-state index contributed by atoms with van der Waals surface area (Å²) < 4.78 is 6.22. The van der Waals surface area contributed by atoms with E-state index in [0.717, 1.165) is 44.0 Å². The molecule has 4 nitrogen and oxygen atoms in total. The lowest BCUT2D eigenvalue weighted by atomic mass is 9.90. The molecule has 0 radical (unpaired) electrons. The Bertz CT molecular complexity index is 2880. The number of fused-ring (bicyclic) bond motifs is 8. The predicted octanol–water partition coefficient (Wildman–Crippen LogP) is 11.9. The number of hydrogen-bond donors (Lipinski definition) is 0. The normalized spacial score (nSPS) is 11.7. The van der Waals surface area contributed by atoms with Crippen molar-refractivity contribution in [2.75, 3.05) is 0 Å². The van der Waals surface area contributed by atoms with Crippen LogP contribution in [0.3, 0.4) is 0 Å². The summed E-state index contributed by atoms with van der Waals surface area (Å²) in [7, 11) is 0. The standard InChI is InChI=1S/C45H27N3O/c1-3-11-28(12-4-1)34-17-9-15-29-21-22-30-23-24-32-27-33(25-26-35(32)41(30)40(29)34)44-46-43(31-13-5-2-6-14-31)47-45(48-44)37-18-10-20-39-42(37)36-16-7-8-19-38(36)49-39/h1-27H. The van der Waals surface area contributed by atoms with E-state index in [-0.39, 0.29) is 0 Å². The Morgan fingerprint density at radius 1 is 0.327 bits per heavy atom. The van der Waals surface area contributed by atoms with E-state index in [1.807, 2.05) is 60.7 Å². The minimum atomic E-state index is 0.609. The van der Waals surface area contributed by atoms with Gasteiger partial charge in [0.2, 0.25) is 0 Å². The molecule has 0 fully saturated rings. The Kier molecular flexibility index (Phi) is 6.15. The van der Waals surface area contributed by atoms with Gasteiger partial charge >= 0.3 is 0 Å². The van der Waals surface area contributed by atoms with Gasteiger partial charge in [0.25, 0.3) is 0 Å². The number of furan rings is 1. The molecular weight excluding hydrogens is 599 g/mol. The van der Waals surface area contributed by atoms with Crippen molar-refractivity contribution in [3.8, 4) is 45.3 Å². The molecule has 228 valence electrons. The summed E-state index contributed by atoms with van der Waals surface area (Å²) in [6, 6.07) is 57.0. The number of nitrogens with zero attached hydrogens (tertiary/aromatic N) is 3. The fourth-order valence-corrected chi connectivity index (χ4v) is 7.23. The SMILES string of the molecule is c1ccc(-c2nc(-c3ccc4c(ccc5ccc6cccc(-c7ccccc7)c6c54)c3)nc(-c3cccc4oc5ccccc5c34)n2)cc1. The summed E-state index contributed by atoms with van der Waals surface area (Å²) in [5, 5.41) is 9.32. The Morgan fingerprint density at radius 2 is 0.939 bits per heavy atom. The number of hydrogen-bond acceptors (Lipinski definition) is 4. The molecule has 2 heterocycles. The first-order chi connectivity index (χ1) is 24.3. The van der Waals surface area contributed by atoms with E-state index >= 15 is 0 Å². The van der Waals surface area contributed by atoms with Crippen molar-refractivity contribution < 1.29 is 4.42 Å². The monoisotopic (exact) mass is 625 g/mol. The summed E-state index contributed by atoms with van der Waals surface area (Å²) in [6.45, 7) is 0. The van der Waals surface area contributed by atoms with Crippen LogP contribution in [0, 0.1) is 0 Å². The zero-order valence-corrected chi connectivity index (χ0v) is 26.3. The van der Waals surface area contributed by atoms with Gasteiger partial charge in [0.15, 0.2) is 17.5 Å². The maximum Gasteiger partial charge on any atom is 0.164 e. The van der Waals surface area contributed by atoms with Gasteiger partial charge in [-0.3, -0.25) is 0 Å². The molecule has 0 spiro atoms. The molecule has 0 aliphatic heterocycles. The molecular formula is C45H27N3O. The summed E-state index contributed by atoms with van der Waals surface area (Å²) in [5.41, 5.74) is 6.86. The number of para-hydroxylation sites is 1. The lowest BCUT2D eigenvalue weighted by Gasteiger charge is -2.14. The third kappa shape index (κ3) is 4.49. The van der Waals surface area contributed by atoms with Gasteiger partial charge in [-0.15, -0.1) is 0 Å². The third-order valence-electron chi connectivity index (χ3n) is 9.50. The van der Waals surface area contributed by atoms with Crippen LogP contribution in [0.2, 0.25) is 0 Å². The molecule has 0 unspecified atom stereocenters. The van der Waals surface area contributed by atoms with Gasteiger partial charge in [-0.25, -0.2) is 15.0 Å². The smallest absolute Gasteiger partial charge is 0.164 e. The van der Waals surface area contributed by atoms with Crippen LogP contribution < -0.4 is 0 Å². The van der Waals surface area contributed by atoms with Crippen molar-refractivity contribution in [2.45, 2.75) is 0 Å². The Balaban J connectivity index is 1.21. The van der Waals surface area contributed by atoms with Crippen LogP contribution >= 0.6 is 0 Å². The number of rotatable bonds is 4. The van der Waals surface area contributed by atoms with Crippen molar-refractivity contribution in [2.24, 2.45) is 0 Å². The summed E-state index contributed by atoms with van der Waals surface area (Å²) in [6.07, 6.45) is 0. The summed E-state index contributed by atoms with van der Waals surface area (Å²) >= 11 is 0. The molecule has 8 aromatic carbocycles. The van der Waals surface area contributed by atoms with Gasteiger partial charge in [0.05, 0.1) is 0 Å². The molecule has 0 aliphatic rings. The largest absolute Gasteiger partial charge is 0.456 e. The highest BCUT2D eigenvalue weighted by Gasteiger charge is 2.18. The highest BCUT2D eigenvalue weighted by Crippen LogP contribution is 2.40. The van der Waals surface area contributed by atoms with E-state index in [0.29, 0.717) is 17.5 Å². The highest BCUT2D eigenvalue weighted by atomic mass is 16.3. The van der Waals surface area contributed by atoms with E-state index in [1.165, 1.54) is 38.1 Å². The van der Waals surface area contributed by atoms with Crippen molar-refractivity contribution in [3.05, 3.63) is 164 Å². The van der Waals surface area contributed by atoms with E-state index in [9.17, 15) is 0 Å². The minimum Gasteiger partial charge on any atom is -0.456 e. The molecule has 4 heteroatoms. The zero-order chi connectivity index (χ0) is 32.3. The van der Waals surface area contributed by atoms with Crippen LogP contribution in [0.15, 0.2) is 168 Å². The van der Waals surface area contributed by atoms with Crippen molar-refractivity contribution in [1.29, 1.82) is 0 Å². The molecule has 2 aromatic heterocycles. The Labute approximate surface area is 282 Å². The molecule has 0 saturated carbocycles. The third-order valence-corrected chi connectivity index (χ3v) is 9.50. The van der Waals surface area contributed by atoms with Crippen LogP contribution in [0.5, 0.6) is 0 Å². The minimum absolute atomic E-state index is 0.609. The van der Waals surface area contributed by atoms with Gasteiger partial charge in [0.1, 0.15) is 11.2 Å². The average molecular weight is 626 g/mol. The van der Waals surface area contributed by atoms with E-state index in [1.54, 1.807) is 0 Å². The topological polar surface area (TPSA) is 51.8 Å². The molecule has 0 N–H and O–H groups in total. The maximum absolute atomic E-state index is 6.22. The van der Waals surface area contributed by atoms with Crippen LogP contribution in [0.4, 0.5) is 0 Å². The second-order valence-electron chi connectivity index (χ2n) is 12.4. The predicted molar refractivity (Wildman–Crippen MR) is 201 cm³/mol. The van der Waals surface area contributed by atoms with Gasteiger partial charge < -0.3 is 4.42 Å². The van der Waals surface area contributed by atoms with Crippen molar-refractivity contribution in [1.82, 2.24) is 15.0 Å². The number of benzene rings is 8. The first-order valence-corrected chi connectivity index (χ1v) is 16.4.